The van der Waals surface area contributed by atoms with Crippen LogP contribution < -0.4 is 0 Å². The van der Waals surface area contributed by atoms with Gasteiger partial charge in [0.05, 0.1) is 23.7 Å². The molecule has 0 spiro atoms. The molecule has 0 aliphatic carbocycles. The first-order chi connectivity index (χ1) is 8.63. The number of hydrogen-bond donors (Lipinski definition) is 0. The third-order valence-electron chi connectivity index (χ3n) is 4.05. The monoisotopic (exact) mass is 281 g/mol. The minimum absolute atomic E-state index is 0.0579. The molecule has 2 aliphatic heterocycles. The Balaban J connectivity index is 1.91. The SMILES string of the molecule is N#CC1(Cc2cc(Cl)ccc2Cl)CC2CCC1O2. The van der Waals surface area contributed by atoms with Crippen molar-refractivity contribution in [3.63, 3.8) is 0 Å². The van der Waals surface area contributed by atoms with Crippen molar-refractivity contribution in [2.45, 2.75) is 37.9 Å². The molecule has 3 rings (SSSR count). The van der Waals surface area contributed by atoms with Gasteiger partial charge >= 0.3 is 0 Å². The van der Waals surface area contributed by atoms with Crippen LogP contribution in [0.1, 0.15) is 24.8 Å². The summed E-state index contributed by atoms with van der Waals surface area (Å²) in [4.78, 5) is 0. The van der Waals surface area contributed by atoms with Crippen LogP contribution in [0.25, 0.3) is 0 Å². The zero-order valence-electron chi connectivity index (χ0n) is 9.83. The second-order valence-electron chi connectivity index (χ2n) is 5.21. The molecule has 0 aromatic heterocycles. The van der Waals surface area contributed by atoms with Gasteiger partial charge in [0.15, 0.2) is 0 Å². The van der Waals surface area contributed by atoms with E-state index in [9.17, 15) is 5.26 Å². The van der Waals surface area contributed by atoms with Crippen molar-refractivity contribution in [3.05, 3.63) is 33.8 Å². The number of fused-ring (bicyclic) bond motifs is 2. The summed E-state index contributed by atoms with van der Waals surface area (Å²) < 4.78 is 5.82. The summed E-state index contributed by atoms with van der Waals surface area (Å²) in [5, 5.41) is 10.9. The lowest BCUT2D eigenvalue weighted by Crippen LogP contribution is -2.33. The summed E-state index contributed by atoms with van der Waals surface area (Å²) in [5.41, 5.74) is 0.527. The number of rotatable bonds is 2. The van der Waals surface area contributed by atoms with Crippen LogP contribution in [0.5, 0.6) is 0 Å². The van der Waals surface area contributed by atoms with E-state index in [1.807, 2.05) is 6.07 Å². The molecule has 18 heavy (non-hydrogen) atoms. The third-order valence-corrected chi connectivity index (χ3v) is 4.66. The average molecular weight is 282 g/mol. The second kappa shape index (κ2) is 4.42. The zero-order chi connectivity index (χ0) is 12.8. The highest BCUT2D eigenvalue weighted by Gasteiger charge is 2.52. The predicted octanol–water partition coefficient (Wildman–Crippen LogP) is 4.00. The standard InChI is InChI=1S/C14H13Cl2NO/c15-10-1-3-12(16)9(5-10)6-14(8-17)7-11-2-4-13(14)18-11/h1,3,5,11,13H,2,4,6-7H2. The lowest BCUT2D eigenvalue weighted by molar-refractivity contribution is 0.0788. The van der Waals surface area contributed by atoms with Gasteiger partial charge in [-0.2, -0.15) is 5.26 Å². The fourth-order valence-corrected chi connectivity index (χ4v) is 3.54. The molecule has 2 saturated heterocycles. The van der Waals surface area contributed by atoms with Crippen molar-refractivity contribution < 1.29 is 4.74 Å². The molecule has 0 N–H and O–H groups in total. The molecule has 2 fully saturated rings. The minimum atomic E-state index is -0.419. The lowest BCUT2D eigenvalue weighted by Gasteiger charge is -2.28. The van der Waals surface area contributed by atoms with Crippen molar-refractivity contribution in [1.82, 2.24) is 0 Å². The Bertz CT molecular complexity index is 525. The summed E-state index contributed by atoms with van der Waals surface area (Å²) in [6.07, 6.45) is 3.82. The molecule has 0 amide bonds. The topological polar surface area (TPSA) is 33.0 Å². The highest BCUT2D eigenvalue weighted by atomic mass is 35.5. The Morgan fingerprint density at radius 3 is 2.83 bits per heavy atom. The van der Waals surface area contributed by atoms with Crippen molar-refractivity contribution in [3.8, 4) is 6.07 Å². The van der Waals surface area contributed by atoms with Crippen LogP contribution in [0.3, 0.4) is 0 Å². The van der Waals surface area contributed by atoms with Gasteiger partial charge in [-0.05, 0) is 49.4 Å². The number of nitrogens with zero attached hydrogens (tertiary/aromatic N) is 1. The van der Waals surface area contributed by atoms with Crippen molar-refractivity contribution >= 4 is 23.2 Å². The number of nitriles is 1. The fourth-order valence-electron chi connectivity index (χ4n) is 3.16. The van der Waals surface area contributed by atoms with Crippen molar-refractivity contribution in [2.75, 3.05) is 0 Å². The zero-order valence-corrected chi connectivity index (χ0v) is 11.3. The van der Waals surface area contributed by atoms with Crippen LogP contribution in [0.2, 0.25) is 10.0 Å². The molecule has 2 heterocycles. The first-order valence-corrected chi connectivity index (χ1v) is 6.89. The van der Waals surface area contributed by atoms with Gasteiger partial charge in [-0.25, -0.2) is 0 Å². The van der Waals surface area contributed by atoms with E-state index in [0.717, 1.165) is 24.8 Å². The largest absolute Gasteiger partial charge is 0.373 e. The number of ether oxygens (including phenoxy) is 1. The van der Waals surface area contributed by atoms with E-state index >= 15 is 0 Å². The number of hydrogen-bond acceptors (Lipinski definition) is 2. The van der Waals surface area contributed by atoms with Gasteiger partial charge in [-0.1, -0.05) is 23.2 Å². The first-order valence-electron chi connectivity index (χ1n) is 6.14. The van der Waals surface area contributed by atoms with E-state index in [-0.39, 0.29) is 12.2 Å². The normalized spacial score (nSPS) is 33.6. The molecule has 1 aromatic rings. The fraction of sp³-hybridized carbons (Fsp3) is 0.500. The molecule has 2 aliphatic rings. The van der Waals surface area contributed by atoms with Crippen LogP contribution in [0.4, 0.5) is 0 Å². The quantitative estimate of drug-likeness (QED) is 0.821. The highest BCUT2D eigenvalue weighted by molar-refractivity contribution is 6.33. The molecule has 3 unspecified atom stereocenters. The maximum Gasteiger partial charge on any atom is 0.0900 e. The van der Waals surface area contributed by atoms with Gasteiger partial charge in [0, 0.05) is 10.0 Å². The van der Waals surface area contributed by atoms with E-state index in [1.54, 1.807) is 12.1 Å². The molecule has 0 radical (unpaired) electrons. The Morgan fingerprint density at radius 1 is 1.39 bits per heavy atom. The first kappa shape index (κ1) is 12.3. The summed E-state index contributed by atoms with van der Waals surface area (Å²) in [5.74, 6) is 0. The Kier molecular flexibility index (Phi) is 3.02. The maximum atomic E-state index is 9.55. The van der Waals surface area contributed by atoms with E-state index in [0.29, 0.717) is 16.5 Å². The van der Waals surface area contributed by atoms with Crippen molar-refractivity contribution in [2.24, 2.45) is 5.41 Å². The van der Waals surface area contributed by atoms with E-state index in [2.05, 4.69) is 6.07 Å². The van der Waals surface area contributed by atoms with Gasteiger partial charge in [0.1, 0.15) is 0 Å². The molecule has 3 atom stereocenters. The van der Waals surface area contributed by atoms with Crippen LogP contribution in [-0.4, -0.2) is 12.2 Å². The molecular weight excluding hydrogens is 269 g/mol. The predicted molar refractivity (Wildman–Crippen MR) is 70.7 cm³/mol. The summed E-state index contributed by atoms with van der Waals surface area (Å²) in [6.45, 7) is 0. The van der Waals surface area contributed by atoms with Gasteiger partial charge in [-0.3, -0.25) is 0 Å². The Hall–Kier alpha value is -0.750. The van der Waals surface area contributed by atoms with E-state index in [4.69, 9.17) is 27.9 Å². The van der Waals surface area contributed by atoms with Crippen LogP contribution in [-0.2, 0) is 11.2 Å². The van der Waals surface area contributed by atoms with Crippen LogP contribution >= 0.6 is 23.2 Å². The molecule has 0 saturated carbocycles. The van der Waals surface area contributed by atoms with Crippen molar-refractivity contribution in [1.29, 1.82) is 5.26 Å². The van der Waals surface area contributed by atoms with E-state index in [1.165, 1.54) is 0 Å². The summed E-state index contributed by atoms with van der Waals surface area (Å²) in [7, 11) is 0. The minimum Gasteiger partial charge on any atom is -0.373 e. The number of benzene rings is 1. The molecule has 4 heteroatoms. The summed E-state index contributed by atoms with van der Waals surface area (Å²) >= 11 is 12.2. The maximum absolute atomic E-state index is 9.55. The molecule has 2 bridgehead atoms. The Morgan fingerprint density at radius 2 is 2.22 bits per heavy atom. The van der Waals surface area contributed by atoms with Gasteiger partial charge < -0.3 is 4.74 Å². The smallest absolute Gasteiger partial charge is 0.0900 e. The van der Waals surface area contributed by atoms with Gasteiger partial charge in [0.2, 0.25) is 0 Å². The second-order valence-corrected chi connectivity index (χ2v) is 6.05. The lowest BCUT2D eigenvalue weighted by atomic mass is 9.71. The van der Waals surface area contributed by atoms with Crippen LogP contribution in [0, 0.1) is 16.7 Å². The highest BCUT2D eigenvalue weighted by Crippen LogP contribution is 2.49. The van der Waals surface area contributed by atoms with Gasteiger partial charge in [-0.15, -0.1) is 0 Å². The molecule has 2 nitrogen and oxygen atoms in total. The molecule has 1 aromatic carbocycles. The van der Waals surface area contributed by atoms with Crippen LogP contribution in [0.15, 0.2) is 18.2 Å². The Labute approximate surface area is 116 Å². The third kappa shape index (κ3) is 1.91. The average Bonchev–Trinajstić information content (AvgIpc) is 2.94. The molecular formula is C14H13Cl2NO. The number of halogens is 2. The van der Waals surface area contributed by atoms with Gasteiger partial charge in [0.25, 0.3) is 0 Å². The van der Waals surface area contributed by atoms with E-state index < -0.39 is 5.41 Å². The molecule has 94 valence electrons. The summed E-state index contributed by atoms with van der Waals surface area (Å²) in [6, 6.07) is 7.89.